The molecular formula is C14H11ClN4O. The van der Waals surface area contributed by atoms with E-state index in [1.165, 1.54) is 6.07 Å². The van der Waals surface area contributed by atoms with Crippen LogP contribution in [0.1, 0.15) is 0 Å². The van der Waals surface area contributed by atoms with E-state index in [0.29, 0.717) is 22.5 Å². The third kappa shape index (κ3) is 2.31. The molecule has 0 amide bonds. The van der Waals surface area contributed by atoms with Gasteiger partial charge in [-0.3, -0.25) is 0 Å². The summed E-state index contributed by atoms with van der Waals surface area (Å²) >= 11 is 5.89. The molecular weight excluding hydrogens is 276 g/mol. The summed E-state index contributed by atoms with van der Waals surface area (Å²) in [4.78, 5) is 8.51. The lowest BCUT2D eigenvalue weighted by molar-refractivity contribution is 0.477. The highest BCUT2D eigenvalue weighted by Crippen LogP contribution is 2.29. The van der Waals surface area contributed by atoms with Gasteiger partial charge in [0, 0.05) is 10.4 Å². The van der Waals surface area contributed by atoms with Crippen LogP contribution in [0, 0.1) is 0 Å². The van der Waals surface area contributed by atoms with Crippen molar-refractivity contribution < 1.29 is 5.11 Å². The highest BCUT2D eigenvalue weighted by molar-refractivity contribution is 6.30. The van der Waals surface area contributed by atoms with Gasteiger partial charge in [-0.15, -0.1) is 0 Å². The number of nitrogen functional groups attached to an aromatic ring is 1. The minimum absolute atomic E-state index is 0.0599. The molecule has 3 rings (SSSR count). The molecule has 0 bridgehead atoms. The molecule has 5 nitrogen and oxygen atoms in total. The summed E-state index contributed by atoms with van der Waals surface area (Å²) in [7, 11) is 0. The van der Waals surface area contributed by atoms with E-state index < -0.39 is 0 Å². The molecule has 1 aromatic heterocycles. The fraction of sp³-hybridized carbons (Fsp3) is 0. The average molecular weight is 287 g/mol. The largest absolute Gasteiger partial charge is 0.506 e. The number of nitrogens with one attached hydrogen (secondary N) is 1. The fourth-order valence-electron chi connectivity index (χ4n) is 1.89. The Bertz CT molecular complexity index is 791. The van der Waals surface area contributed by atoms with Crippen LogP contribution < -0.4 is 11.1 Å². The minimum atomic E-state index is 0.0599. The van der Waals surface area contributed by atoms with E-state index in [1.54, 1.807) is 12.1 Å². The molecule has 1 heterocycles. The Hall–Kier alpha value is -2.53. The zero-order valence-corrected chi connectivity index (χ0v) is 11.1. The number of benzene rings is 2. The topological polar surface area (TPSA) is 84.1 Å². The predicted molar refractivity (Wildman–Crippen MR) is 80.3 cm³/mol. The Morgan fingerprint density at radius 2 is 1.90 bits per heavy atom. The average Bonchev–Trinajstić information content (AvgIpc) is 2.43. The molecule has 0 aliphatic carbocycles. The Balaban J connectivity index is 2.05. The third-order valence-corrected chi connectivity index (χ3v) is 3.07. The number of rotatable bonds is 2. The van der Waals surface area contributed by atoms with Crippen molar-refractivity contribution in [2.75, 3.05) is 11.1 Å². The zero-order chi connectivity index (χ0) is 14.1. The van der Waals surface area contributed by atoms with Gasteiger partial charge < -0.3 is 16.2 Å². The van der Waals surface area contributed by atoms with Crippen LogP contribution in [0.25, 0.3) is 10.9 Å². The highest BCUT2D eigenvalue weighted by atomic mass is 35.5. The van der Waals surface area contributed by atoms with Crippen molar-refractivity contribution in [1.29, 1.82) is 0 Å². The number of aromatic hydroxyl groups is 1. The third-order valence-electron chi connectivity index (χ3n) is 2.84. The lowest BCUT2D eigenvalue weighted by Gasteiger charge is -2.09. The molecule has 0 spiro atoms. The Morgan fingerprint density at radius 1 is 1.10 bits per heavy atom. The lowest BCUT2D eigenvalue weighted by atomic mass is 10.2. The molecule has 4 N–H and O–H groups in total. The number of hydrogen-bond donors (Lipinski definition) is 3. The van der Waals surface area contributed by atoms with Gasteiger partial charge in [0.1, 0.15) is 11.6 Å². The molecule has 3 aromatic rings. The first-order valence-electron chi connectivity index (χ1n) is 5.91. The lowest BCUT2D eigenvalue weighted by Crippen LogP contribution is -2.01. The number of nitrogens with two attached hydrogens (primary N) is 1. The predicted octanol–water partition coefficient (Wildman–Crippen LogP) is 3.31. The monoisotopic (exact) mass is 286 g/mol. The number of phenolic OH excluding ortho intramolecular Hbond substituents is 1. The summed E-state index contributed by atoms with van der Waals surface area (Å²) in [5, 5.41) is 14.0. The molecule has 0 saturated heterocycles. The van der Waals surface area contributed by atoms with Crippen LogP contribution >= 0.6 is 11.6 Å². The first-order chi connectivity index (χ1) is 9.63. The maximum atomic E-state index is 9.77. The summed E-state index contributed by atoms with van der Waals surface area (Å²) < 4.78 is 0. The van der Waals surface area contributed by atoms with Crippen LogP contribution in [-0.4, -0.2) is 15.1 Å². The number of hydrogen-bond acceptors (Lipinski definition) is 5. The van der Waals surface area contributed by atoms with Crippen molar-refractivity contribution in [3.05, 3.63) is 47.5 Å². The summed E-state index contributed by atoms with van der Waals surface area (Å²) in [6, 6.07) is 12.1. The number of phenols is 1. The van der Waals surface area contributed by atoms with Crippen molar-refractivity contribution in [3.63, 3.8) is 0 Å². The number of aromatic nitrogens is 2. The van der Waals surface area contributed by atoms with Gasteiger partial charge in [0.05, 0.1) is 11.2 Å². The maximum absolute atomic E-state index is 9.77. The summed E-state index contributed by atoms with van der Waals surface area (Å²) in [6.45, 7) is 0. The van der Waals surface area contributed by atoms with Crippen LogP contribution in [0.3, 0.4) is 0 Å². The number of para-hydroxylation sites is 1. The van der Waals surface area contributed by atoms with E-state index >= 15 is 0 Å². The van der Waals surface area contributed by atoms with Gasteiger partial charge in [-0.2, -0.15) is 4.98 Å². The molecule has 2 aromatic carbocycles. The minimum Gasteiger partial charge on any atom is -0.506 e. The van der Waals surface area contributed by atoms with Gasteiger partial charge in [-0.1, -0.05) is 23.7 Å². The van der Waals surface area contributed by atoms with Crippen LogP contribution in [0.15, 0.2) is 42.5 Å². The second-order valence-corrected chi connectivity index (χ2v) is 4.67. The molecule has 100 valence electrons. The quantitative estimate of drug-likeness (QED) is 0.629. The molecule has 20 heavy (non-hydrogen) atoms. The van der Waals surface area contributed by atoms with Crippen molar-refractivity contribution >= 4 is 40.0 Å². The molecule has 0 aliphatic rings. The van der Waals surface area contributed by atoms with Crippen molar-refractivity contribution in [2.45, 2.75) is 0 Å². The molecule has 6 heteroatoms. The first-order valence-corrected chi connectivity index (χ1v) is 6.29. The van der Waals surface area contributed by atoms with E-state index in [4.69, 9.17) is 17.3 Å². The molecule has 0 unspecified atom stereocenters. The second-order valence-electron chi connectivity index (χ2n) is 4.24. The number of nitrogens with zero attached hydrogens (tertiary/aromatic N) is 2. The molecule has 0 radical (unpaired) electrons. The van der Waals surface area contributed by atoms with Crippen LogP contribution in [-0.2, 0) is 0 Å². The van der Waals surface area contributed by atoms with Crippen LogP contribution in [0.5, 0.6) is 5.75 Å². The first kappa shape index (κ1) is 12.5. The summed E-state index contributed by atoms with van der Waals surface area (Å²) in [6.07, 6.45) is 0. The Kier molecular flexibility index (Phi) is 3.04. The molecule has 0 saturated carbocycles. The van der Waals surface area contributed by atoms with Crippen LogP contribution in [0.2, 0.25) is 5.02 Å². The van der Waals surface area contributed by atoms with Crippen molar-refractivity contribution in [1.82, 2.24) is 9.97 Å². The van der Waals surface area contributed by atoms with Crippen LogP contribution in [0.4, 0.5) is 17.5 Å². The van der Waals surface area contributed by atoms with Gasteiger partial charge in [0.25, 0.3) is 0 Å². The van der Waals surface area contributed by atoms with E-state index in [-0.39, 0.29) is 5.75 Å². The van der Waals surface area contributed by atoms with E-state index in [2.05, 4.69) is 15.3 Å². The number of halogens is 1. The maximum Gasteiger partial charge on any atom is 0.229 e. The van der Waals surface area contributed by atoms with Gasteiger partial charge in [0.15, 0.2) is 0 Å². The summed E-state index contributed by atoms with van der Waals surface area (Å²) in [5.74, 6) is 0.739. The molecule has 0 aliphatic heterocycles. The fourth-order valence-corrected chi connectivity index (χ4v) is 2.06. The SMILES string of the molecule is Nc1nc(Nc2cc(Cl)ccc2O)nc2ccccc12. The normalized spacial score (nSPS) is 10.7. The van der Waals surface area contributed by atoms with Crippen molar-refractivity contribution in [2.24, 2.45) is 0 Å². The standard InChI is InChI=1S/C14H11ClN4O/c15-8-5-6-12(20)11(7-8)18-14-17-10-4-2-1-3-9(10)13(16)19-14/h1-7,20H,(H3,16,17,18,19). The van der Waals surface area contributed by atoms with Gasteiger partial charge >= 0.3 is 0 Å². The molecule has 0 fully saturated rings. The Morgan fingerprint density at radius 3 is 2.75 bits per heavy atom. The van der Waals surface area contributed by atoms with Gasteiger partial charge in [-0.25, -0.2) is 4.98 Å². The van der Waals surface area contributed by atoms with E-state index in [1.807, 2.05) is 24.3 Å². The van der Waals surface area contributed by atoms with Gasteiger partial charge in [-0.05, 0) is 30.3 Å². The number of anilines is 3. The number of fused-ring (bicyclic) bond motifs is 1. The zero-order valence-electron chi connectivity index (χ0n) is 10.3. The van der Waals surface area contributed by atoms with E-state index in [0.717, 1.165) is 10.9 Å². The second kappa shape index (κ2) is 4.86. The van der Waals surface area contributed by atoms with E-state index in [9.17, 15) is 5.11 Å². The highest BCUT2D eigenvalue weighted by Gasteiger charge is 2.07. The smallest absolute Gasteiger partial charge is 0.229 e. The summed E-state index contributed by atoms with van der Waals surface area (Å²) in [5.41, 5.74) is 7.05. The molecule has 0 atom stereocenters. The Labute approximate surface area is 120 Å². The van der Waals surface area contributed by atoms with Crippen molar-refractivity contribution in [3.8, 4) is 5.75 Å². The van der Waals surface area contributed by atoms with Gasteiger partial charge in [0.2, 0.25) is 5.95 Å².